The molecule has 0 fully saturated rings. The zero-order chi connectivity index (χ0) is 54.0. The van der Waals surface area contributed by atoms with Crippen LogP contribution >= 0.6 is 0 Å². The molecule has 0 saturated carbocycles. The molecule has 0 saturated heterocycles. The van der Waals surface area contributed by atoms with Crippen molar-refractivity contribution in [1.82, 2.24) is 24.1 Å². The first-order valence-electron chi connectivity index (χ1n) is 27.1. The Bertz CT molecular complexity index is 4330. The highest BCUT2D eigenvalue weighted by Gasteiger charge is 2.27. The zero-order valence-corrected chi connectivity index (χ0v) is 44.8. The molecule has 0 aliphatic carbocycles. The SMILES string of the molecule is Cc1cccc(-c2ccc3c(c2)c2cc(-c4cccc(C)c4)ccc2n3-c2cc(C#N)cc(-n3c4ccc(-c5cccc(C)c5)cc4c4cc(-c5cccc(C)c5)ccc43)c2-c2nc(-c3ccccc3)nc(-c3ccccc3)n2)c1. The van der Waals surface area contributed by atoms with Crippen molar-refractivity contribution in [3.63, 3.8) is 0 Å². The molecule has 0 bridgehead atoms. The van der Waals surface area contributed by atoms with E-state index in [1.54, 1.807) is 0 Å². The van der Waals surface area contributed by atoms with Gasteiger partial charge in [-0.3, -0.25) is 0 Å². The van der Waals surface area contributed by atoms with Gasteiger partial charge in [-0.05, 0) is 133 Å². The smallest absolute Gasteiger partial charge is 0.168 e. The van der Waals surface area contributed by atoms with Crippen LogP contribution in [-0.4, -0.2) is 24.1 Å². The van der Waals surface area contributed by atoms with Crippen molar-refractivity contribution in [2.24, 2.45) is 0 Å². The van der Waals surface area contributed by atoms with Gasteiger partial charge in [-0.2, -0.15) is 5.26 Å². The predicted octanol–water partition coefficient (Wildman–Crippen LogP) is 18.8. The maximum atomic E-state index is 11.4. The van der Waals surface area contributed by atoms with Gasteiger partial charge in [-0.15, -0.1) is 0 Å². The Morgan fingerprint density at radius 2 is 0.575 bits per heavy atom. The van der Waals surface area contributed by atoms with Gasteiger partial charge in [0.25, 0.3) is 0 Å². The van der Waals surface area contributed by atoms with E-state index in [2.05, 4.69) is 213 Å². The second-order valence-electron chi connectivity index (χ2n) is 21.1. The first kappa shape index (κ1) is 47.9. The van der Waals surface area contributed by atoms with Crippen LogP contribution in [-0.2, 0) is 0 Å². The van der Waals surface area contributed by atoms with Crippen LogP contribution < -0.4 is 0 Å². The summed E-state index contributed by atoms with van der Waals surface area (Å²) in [6.45, 7) is 8.56. The monoisotopic (exact) mass is 1020 g/mol. The maximum absolute atomic E-state index is 11.4. The van der Waals surface area contributed by atoms with E-state index in [0.717, 1.165) is 116 Å². The summed E-state index contributed by atoms with van der Waals surface area (Å²) in [6.07, 6.45) is 0. The molecule has 6 heteroatoms. The molecule has 0 atom stereocenters. The summed E-state index contributed by atoms with van der Waals surface area (Å²) >= 11 is 0. The predicted molar refractivity (Wildman–Crippen MR) is 330 cm³/mol. The van der Waals surface area contributed by atoms with E-state index in [1.165, 1.54) is 22.3 Å². The van der Waals surface area contributed by atoms with Crippen LogP contribution in [0.3, 0.4) is 0 Å². The number of hydrogen-bond acceptors (Lipinski definition) is 4. The van der Waals surface area contributed by atoms with Crippen molar-refractivity contribution < 1.29 is 0 Å². The third kappa shape index (κ3) is 8.50. The quantitative estimate of drug-likeness (QED) is 0.144. The van der Waals surface area contributed by atoms with Crippen LogP contribution in [0, 0.1) is 39.0 Å². The van der Waals surface area contributed by atoms with E-state index < -0.39 is 0 Å². The number of benzene rings is 11. The van der Waals surface area contributed by atoms with Gasteiger partial charge in [0.2, 0.25) is 0 Å². The van der Waals surface area contributed by atoms with Crippen LogP contribution in [0.5, 0.6) is 0 Å². The van der Waals surface area contributed by atoms with Gasteiger partial charge in [-0.25, -0.2) is 15.0 Å². The number of nitriles is 1. The molecule has 80 heavy (non-hydrogen) atoms. The summed E-state index contributed by atoms with van der Waals surface area (Å²) in [5.74, 6) is 1.55. The zero-order valence-electron chi connectivity index (χ0n) is 44.8. The molecule has 6 nitrogen and oxygen atoms in total. The van der Waals surface area contributed by atoms with Crippen molar-refractivity contribution in [3.05, 3.63) is 270 Å². The number of nitrogens with zero attached hydrogens (tertiary/aromatic N) is 6. The minimum atomic E-state index is 0.470. The average molecular weight is 1030 g/mol. The lowest BCUT2D eigenvalue weighted by atomic mass is 9.99. The van der Waals surface area contributed by atoms with Gasteiger partial charge >= 0.3 is 0 Å². The Balaban J connectivity index is 1.14. The molecule has 378 valence electrons. The minimum absolute atomic E-state index is 0.470. The van der Waals surface area contributed by atoms with Gasteiger partial charge in [0.05, 0.1) is 50.6 Å². The highest BCUT2D eigenvalue weighted by Crippen LogP contribution is 2.45. The third-order valence-corrected chi connectivity index (χ3v) is 15.6. The van der Waals surface area contributed by atoms with Gasteiger partial charge in [0, 0.05) is 32.7 Å². The lowest BCUT2D eigenvalue weighted by Crippen LogP contribution is -2.08. The molecule has 0 N–H and O–H groups in total. The van der Waals surface area contributed by atoms with Crippen molar-refractivity contribution in [3.8, 4) is 96.1 Å². The summed E-state index contributed by atoms with van der Waals surface area (Å²) in [5.41, 5.74) is 22.2. The highest BCUT2D eigenvalue weighted by atomic mass is 15.1. The highest BCUT2D eigenvalue weighted by molar-refractivity contribution is 6.14. The average Bonchev–Trinajstić information content (AvgIpc) is 4.04. The number of rotatable bonds is 9. The van der Waals surface area contributed by atoms with E-state index in [-0.39, 0.29) is 0 Å². The molecule has 14 aromatic rings. The van der Waals surface area contributed by atoms with Crippen molar-refractivity contribution in [1.29, 1.82) is 5.26 Å². The van der Waals surface area contributed by atoms with Crippen LogP contribution in [0.2, 0.25) is 0 Å². The fourth-order valence-corrected chi connectivity index (χ4v) is 11.8. The summed E-state index contributed by atoms with van der Waals surface area (Å²) in [5, 5.41) is 15.7. The topological polar surface area (TPSA) is 72.3 Å². The third-order valence-electron chi connectivity index (χ3n) is 15.6. The molecule has 3 heterocycles. The van der Waals surface area contributed by atoms with Crippen molar-refractivity contribution >= 4 is 43.6 Å². The fourth-order valence-electron chi connectivity index (χ4n) is 11.8. The van der Waals surface area contributed by atoms with E-state index >= 15 is 0 Å². The van der Waals surface area contributed by atoms with E-state index in [4.69, 9.17) is 15.0 Å². The molecular formula is C74H52N6. The van der Waals surface area contributed by atoms with Gasteiger partial charge in [-0.1, -0.05) is 204 Å². The number of hydrogen-bond donors (Lipinski definition) is 0. The molecule has 14 rings (SSSR count). The summed E-state index contributed by atoms with van der Waals surface area (Å²) in [7, 11) is 0. The molecule has 11 aromatic carbocycles. The lowest BCUT2D eigenvalue weighted by molar-refractivity contribution is 1.05. The molecule has 0 radical (unpaired) electrons. The molecular weight excluding hydrogens is 973 g/mol. The van der Waals surface area contributed by atoms with E-state index in [0.29, 0.717) is 23.0 Å². The van der Waals surface area contributed by atoms with Crippen LogP contribution in [0.25, 0.3) is 134 Å². The normalized spacial score (nSPS) is 11.5. The molecule has 3 aromatic heterocycles. The standard InChI is InChI=1S/C74H52N6/c1-46-15-11-23-53(35-46)57-27-31-65-61(41-57)62-42-58(54-24-12-16-47(2)36-54)28-32-66(62)79(65)69-39-50(45-75)40-70(71(69)74-77-72(51-19-7-5-8-20-51)76-73(78-74)52-21-9-6-10-22-52)80-67-33-29-59(55-25-13-17-48(3)37-55)43-63(67)64-44-60(30-34-68(64)80)56-26-14-18-49(4)38-56/h5-44H,1-4H3. The number of fused-ring (bicyclic) bond motifs is 6. The van der Waals surface area contributed by atoms with Crippen molar-refractivity contribution in [2.45, 2.75) is 27.7 Å². The molecule has 0 amide bonds. The summed E-state index contributed by atoms with van der Waals surface area (Å²) in [6, 6.07) is 88.8. The Kier molecular flexibility index (Phi) is 11.7. The molecule has 0 aliphatic rings. The largest absolute Gasteiger partial charge is 0.308 e. The fraction of sp³-hybridized carbons (Fsp3) is 0.0541. The van der Waals surface area contributed by atoms with Crippen molar-refractivity contribution in [2.75, 3.05) is 0 Å². The second kappa shape index (κ2) is 19.5. The first-order valence-corrected chi connectivity index (χ1v) is 27.1. The Morgan fingerprint density at radius 3 is 0.875 bits per heavy atom. The lowest BCUT2D eigenvalue weighted by Gasteiger charge is -2.20. The first-order chi connectivity index (χ1) is 39.2. The van der Waals surface area contributed by atoms with Crippen LogP contribution in [0.4, 0.5) is 0 Å². The van der Waals surface area contributed by atoms with Crippen LogP contribution in [0.1, 0.15) is 27.8 Å². The molecule has 0 aliphatic heterocycles. The Morgan fingerprint density at radius 1 is 0.287 bits per heavy atom. The second-order valence-corrected chi connectivity index (χ2v) is 21.1. The maximum Gasteiger partial charge on any atom is 0.168 e. The number of aromatic nitrogens is 5. The summed E-state index contributed by atoms with van der Waals surface area (Å²) in [4.78, 5) is 16.3. The van der Waals surface area contributed by atoms with Crippen LogP contribution in [0.15, 0.2) is 243 Å². The summed E-state index contributed by atoms with van der Waals surface area (Å²) < 4.78 is 4.66. The Hall–Kier alpha value is -10.5. The molecule has 0 unspecified atom stereocenters. The minimum Gasteiger partial charge on any atom is -0.308 e. The Labute approximate surface area is 464 Å². The molecule has 0 spiro atoms. The van der Waals surface area contributed by atoms with E-state index in [1.807, 2.05) is 72.8 Å². The van der Waals surface area contributed by atoms with Gasteiger partial charge in [0.1, 0.15) is 0 Å². The number of aryl methyl sites for hydroxylation is 4. The van der Waals surface area contributed by atoms with Gasteiger partial charge < -0.3 is 9.13 Å². The van der Waals surface area contributed by atoms with Gasteiger partial charge in [0.15, 0.2) is 17.5 Å². The van der Waals surface area contributed by atoms with E-state index in [9.17, 15) is 5.26 Å².